The first kappa shape index (κ1) is 17.4. The van der Waals surface area contributed by atoms with Crippen LogP contribution in [0.2, 0.25) is 0 Å². The minimum absolute atomic E-state index is 0.0134. The standard InChI is InChI=1S/C22H25NO2/c1-17(24)23-20-15-21(13-12-18-8-4-2-5-9-18)25-22(16-20)14-19-10-6-3-7-11-19/h2-13,20-22H,14-16H2,1H3,(H,23,24)/t20-,21+,22-/m0/s1. The molecule has 25 heavy (non-hydrogen) atoms. The molecule has 1 amide bonds. The molecule has 2 aromatic carbocycles. The second-order valence-corrected chi connectivity index (χ2v) is 6.62. The van der Waals surface area contributed by atoms with E-state index < -0.39 is 0 Å². The van der Waals surface area contributed by atoms with Gasteiger partial charge in [0.1, 0.15) is 0 Å². The normalized spacial score (nSPS) is 23.5. The molecule has 1 heterocycles. The molecule has 1 fully saturated rings. The predicted octanol–water partition coefficient (Wildman–Crippen LogP) is 3.99. The highest BCUT2D eigenvalue weighted by Gasteiger charge is 2.28. The lowest BCUT2D eigenvalue weighted by atomic mass is 9.94. The number of nitrogens with one attached hydrogen (secondary N) is 1. The minimum atomic E-state index is 0.0134. The molecule has 0 bridgehead atoms. The molecule has 130 valence electrons. The van der Waals surface area contributed by atoms with Gasteiger partial charge in [0.05, 0.1) is 12.2 Å². The van der Waals surface area contributed by atoms with Gasteiger partial charge in [-0.3, -0.25) is 4.79 Å². The number of rotatable bonds is 5. The van der Waals surface area contributed by atoms with Gasteiger partial charge < -0.3 is 10.1 Å². The average molecular weight is 335 g/mol. The molecule has 1 N–H and O–H groups in total. The van der Waals surface area contributed by atoms with E-state index in [1.54, 1.807) is 6.92 Å². The maximum absolute atomic E-state index is 11.5. The molecule has 3 rings (SSSR count). The molecule has 3 atom stereocenters. The Kier molecular flexibility index (Phi) is 6.02. The zero-order valence-corrected chi connectivity index (χ0v) is 14.6. The third-order valence-electron chi connectivity index (χ3n) is 4.45. The monoisotopic (exact) mass is 335 g/mol. The van der Waals surface area contributed by atoms with E-state index in [0.717, 1.165) is 24.8 Å². The fourth-order valence-corrected chi connectivity index (χ4v) is 3.37. The van der Waals surface area contributed by atoms with Crippen molar-refractivity contribution < 1.29 is 9.53 Å². The summed E-state index contributed by atoms with van der Waals surface area (Å²) in [6.45, 7) is 1.58. The molecular weight excluding hydrogens is 310 g/mol. The van der Waals surface area contributed by atoms with Crippen LogP contribution in [-0.2, 0) is 16.0 Å². The largest absolute Gasteiger partial charge is 0.370 e. The van der Waals surface area contributed by atoms with Gasteiger partial charge in [-0.25, -0.2) is 0 Å². The molecule has 0 spiro atoms. The second kappa shape index (κ2) is 8.63. The Bertz CT molecular complexity index is 696. The number of hydrogen-bond acceptors (Lipinski definition) is 2. The molecule has 0 aromatic heterocycles. The van der Waals surface area contributed by atoms with Crippen LogP contribution in [0.25, 0.3) is 6.08 Å². The first-order valence-corrected chi connectivity index (χ1v) is 8.89. The van der Waals surface area contributed by atoms with Crippen molar-refractivity contribution in [1.29, 1.82) is 0 Å². The molecule has 3 nitrogen and oxygen atoms in total. The molecule has 0 aliphatic carbocycles. The van der Waals surface area contributed by atoms with Crippen molar-refractivity contribution in [1.82, 2.24) is 5.32 Å². The molecule has 0 saturated carbocycles. The van der Waals surface area contributed by atoms with Crippen molar-refractivity contribution >= 4 is 12.0 Å². The minimum Gasteiger partial charge on any atom is -0.370 e. The van der Waals surface area contributed by atoms with Crippen LogP contribution in [0.3, 0.4) is 0 Å². The van der Waals surface area contributed by atoms with Gasteiger partial charge in [0.25, 0.3) is 0 Å². The summed E-state index contributed by atoms with van der Waals surface area (Å²) < 4.78 is 6.29. The highest BCUT2D eigenvalue weighted by Crippen LogP contribution is 2.24. The van der Waals surface area contributed by atoms with Gasteiger partial charge in [-0.1, -0.05) is 72.8 Å². The first-order valence-electron chi connectivity index (χ1n) is 8.89. The SMILES string of the molecule is CC(=O)N[C@@H]1C[C@H](Cc2ccccc2)O[C@H](C=Cc2ccccc2)C1. The van der Waals surface area contributed by atoms with Crippen LogP contribution in [0, 0.1) is 0 Å². The van der Waals surface area contributed by atoms with Crippen molar-refractivity contribution in [3.05, 3.63) is 77.9 Å². The fourth-order valence-electron chi connectivity index (χ4n) is 3.37. The summed E-state index contributed by atoms with van der Waals surface area (Å²) in [5.41, 5.74) is 2.43. The maximum atomic E-state index is 11.5. The molecule has 3 heteroatoms. The van der Waals surface area contributed by atoms with Crippen molar-refractivity contribution in [2.24, 2.45) is 0 Å². The van der Waals surface area contributed by atoms with Crippen molar-refractivity contribution in [3.63, 3.8) is 0 Å². The Morgan fingerprint density at radius 2 is 1.76 bits per heavy atom. The van der Waals surface area contributed by atoms with Crippen LogP contribution < -0.4 is 5.32 Å². The number of carbonyl (C=O) groups is 1. The van der Waals surface area contributed by atoms with Gasteiger partial charge >= 0.3 is 0 Å². The third kappa shape index (κ3) is 5.57. The number of amides is 1. The number of benzene rings is 2. The Balaban J connectivity index is 1.68. The van der Waals surface area contributed by atoms with Crippen LogP contribution in [0.4, 0.5) is 0 Å². The summed E-state index contributed by atoms with van der Waals surface area (Å²) in [4.78, 5) is 11.5. The van der Waals surface area contributed by atoms with Gasteiger partial charge in [-0.15, -0.1) is 0 Å². The second-order valence-electron chi connectivity index (χ2n) is 6.62. The third-order valence-corrected chi connectivity index (χ3v) is 4.45. The summed E-state index contributed by atoms with van der Waals surface area (Å²) in [6, 6.07) is 20.8. The van der Waals surface area contributed by atoms with E-state index in [1.165, 1.54) is 5.56 Å². The van der Waals surface area contributed by atoms with Crippen LogP contribution in [0.1, 0.15) is 30.9 Å². The summed E-state index contributed by atoms with van der Waals surface area (Å²) in [5, 5.41) is 3.07. The highest BCUT2D eigenvalue weighted by atomic mass is 16.5. The van der Waals surface area contributed by atoms with Gasteiger partial charge in [0.15, 0.2) is 0 Å². The number of hydrogen-bond donors (Lipinski definition) is 1. The lowest BCUT2D eigenvalue weighted by Crippen LogP contribution is -2.44. The van der Waals surface area contributed by atoms with E-state index in [-0.39, 0.29) is 24.2 Å². The van der Waals surface area contributed by atoms with Crippen LogP contribution in [0.15, 0.2) is 66.7 Å². The van der Waals surface area contributed by atoms with Crippen molar-refractivity contribution in [3.8, 4) is 0 Å². The van der Waals surface area contributed by atoms with E-state index in [0.29, 0.717) is 0 Å². The summed E-state index contributed by atoms with van der Waals surface area (Å²) >= 11 is 0. The fraction of sp³-hybridized carbons (Fsp3) is 0.318. The average Bonchev–Trinajstić information content (AvgIpc) is 2.61. The Hall–Kier alpha value is -2.39. The molecule has 1 saturated heterocycles. The lowest BCUT2D eigenvalue weighted by molar-refractivity contribution is -0.121. The quantitative estimate of drug-likeness (QED) is 0.897. The Morgan fingerprint density at radius 3 is 2.44 bits per heavy atom. The molecule has 0 unspecified atom stereocenters. The molecule has 0 radical (unpaired) electrons. The summed E-state index contributed by atoms with van der Waals surface area (Å²) in [5.74, 6) is 0.0242. The Morgan fingerprint density at radius 1 is 1.08 bits per heavy atom. The highest BCUT2D eigenvalue weighted by molar-refractivity contribution is 5.73. The van der Waals surface area contributed by atoms with E-state index in [2.05, 4.69) is 53.9 Å². The first-order chi connectivity index (χ1) is 12.2. The molecule has 2 aromatic rings. The molecule has 1 aliphatic heterocycles. The van der Waals surface area contributed by atoms with E-state index in [4.69, 9.17) is 4.74 Å². The summed E-state index contributed by atoms with van der Waals surface area (Å²) in [6.07, 6.45) is 6.87. The van der Waals surface area contributed by atoms with Crippen molar-refractivity contribution in [2.45, 2.75) is 44.4 Å². The lowest BCUT2D eigenvalue weighted by Gasteiger charge is -2.34. The summed E-state index contributed by atoms with van der Waals surface area (Å²) in [7, 11) is 0. The van der Waals surface area contributed by atoms with E-state index >= 15 is 0 Å². The Labute approximate surface area is 149 Å². The van der Waals surface area contributed by atoms with Gasteiger partial charge in [-0.2, -0.15) is 0 Å². The topological polar surface area (TPSA) is 38.3 Å². The van der Waals surface area contributed by atoms with Gasteiger partial charge in [0, 0.05) is 13.0 Å². The van der Waals surface area contributed by atoms with E-state index in [9.17, 15) is 4.79 Å². The predicted molar refractivity (Wildman–Crippen MR) is 101 cm³/mol. The van der Waals surface area contributed by atoms with E-state index in [1.807, 2.05) is 24.3 Å². The zero-order chi connectivity index (χ0) is 17.5. The zero-order valence-electron chi connectivity index (χ0n) is 14.6. The molecule has 1 aliphatic rings. The van der Waals surface area contributed by atoms with Gasteiger partial charge in [0.2, 0.25) is 5.91 Å². The smallest absolute Gasteiger partial charge is 0.217 e. The molecular formula is C22H25NO2. The van der Waals surface area contributed by atoms with Crippen LogP contribution >= 0.6 is 0 Å². The van der Waals surface area contributed by atoms with Crippen LogP contribution in [-0.4, -0.2) is 24.2 Å². The van der Waals surface area contributed by atoms with Crippen LogP contribution in [0.5, 0.6) is 0 Å². The van der Waals surface area contributed by atoms with Gasteiger partial charge in [-0.05, 0) is 30.4 Å². The maximum Gasteiger partial charge on any atom is 0.217 e. The number of carbonyl (C=O) groups excluding carboxylic acids is 1. The van der Waals surface area contributed by atoms with Crippen molar-refractivity contribution in [2.75, 3.05) is 0 Å². The number of ether oxygens (including phenoxy) is 1.